The fraction of sp³-hybridized carbons (Fsp3) is 0.333. The van der Waals surface area contributed by atoms with E-state index in [-0.39, 0.29) is 11.8 Å². The summed E-state index contributed by atoms with van der Waals surface area (Å²) in [6, 6.07) is 3.14. The second kappa shape index (κ2) is 5.50. The molecule has 19 heavy (non-hydrogen) atoms. The molecule has 0 radical (unpaired) electrons. The molecule has 1 aliphatic rings. The summed E-state index contributed by atoms with van der Waals surface area (Å²) in [7, 11) is -1.74. The average molecular weight is 282 g/mol. The maximum absolute atomic E-state index is 11.2. The van der Waals surface area contributed by atoms with Gasteiger partial charge in [0.2, 0.25) is 0 Å². The first-order valence-corrected chi connectivity index (χ1v) is 7.39. The Morgan fingerprint density at radius 1 is 1.53 bits per heavy atom. The summed E-state index contributed by atoms with van der Waals surface area (Å²) in [5.41, 5.74) is 1.11. The second-order valence-corrected chi connectivity index (χ2v) is 6.11. The fourth-order valence-corrected chi connectivity index (χ4v) is 2.98. The van der Waals surface area contributed by atoms with Crippen molar-refractivity contribution >= 4 is 15.8 Å². The zero-order valence-electron chi connectivity index (χ0n) is 10.4. The van der Waals surface area contributed by atoms with Crippen LogP contribution in [-0.2, 0) is 21.1 Å². The van der Waals surface area contributed by atoms with Gasteiger partial charge in [-0.05, 0) is 12.1 Å². The van der Waals surface area contributed by atoms with Gasteiger partial charge in [0.05, 0.1) is 24.1 Å². The van der Waals surface area contributed by atoms with E-state index >= 15 is 0 Å². The van der Waals surface area contributed by atoms with Crippen molar-refractivity contribution in [3.05, 3.63) is 41.1 Å². The molecule has 0 amide bonds. The second-order valence-electron chi connectivity index (χ2n) is 4.18. The number of hydrogen-bond donors (Lipinski definition) is 1. The lowest BCUT2D eigenvalue weighted by molar-refractivity contribution is 0.0600. The molecule has 1 N–H and O–H groups in total. The minimum absolute atomic E-state index is 0.0766. The molecule has 6 nitrogen and oxygen atoms in total. The van der Waals surface area contributed by atoms with Crippen molar-refractivity contribution in [2.24, 2.45) is 0 Å². The number of nitrogens with zero attached hydrogens (tertiary/aromatic N) is 1. The summed E-state index contributed by atoms with van der Waals surface area (Å²) in [5, 5.41) is 4.29. The van der Waals surface area contributed by atoms with E-state index in [1.807, 2.05) is 0 Å². The van der Waals surface area contributed by atoms with Gasteiger partial charge in [0, 0.05) is 24.2 Å². The standard InChI is InChI=1S/C12H14N2O4S/c1-18-12(15)9-2-3-10(13-6-9)7-14-11-4-5-19(16,17)8-11/h2-6,11,14H,7-8H2,1H3. The quantitative estimate of drug-likeness (QED) is 0.798. The normalized spacial score (nSPS) is 20.4. The smallest absolute Gasteiger partial charge is 0.339 e. The van der Waals surface area contributed by atoms with Crippen molar-refractivity contribution in [3.8, 4) is 0 Å². The molecule has 0 spiro atoms. The van der Waals surface area contributed by atoms with Crippen molar-refractivity contribution in [1.29, 1.82) is 0 Å². The minimum Gasteiger partial charge on any atom is -0.465 e. The van der Waals surface area contributed by atoms with Crippen LogP contribution in [-0.4, -0.2) is 38.3 Å². The van der Waals surface area contributed by atoms with Crippen LogP contribution in [0.3, 0.4) is 0 Å². The lowest BCUT2D eigenvalue weighted by atomic mass is 10.2. The lowest BCUT2D eigenvalue weighted by Gasteiger charge is -2.09. The number of rotatable bonds is 4. The molecule has 1 aromatic rings. The van der Waals surface area contributed by atoms with E-state index in [0.29, 0.717) is 12.1 Å². The van der Waals surface area contributed by atoms with Crippen LogP contribution in [0.1, 0.15) is 16.1 Å². The first kappa shape index (κ1) is 13.7. The van der Waals surface area contributed by atoms with Crippen LogP contribution in [0.4, 0.5) is 0 Å². The number of methoxy groups -OCH3 is 1. The molecule has 0 aromatic carbocycles. The van der Waals surface area contributed by atoms with Gasteiger partial charge in [0.1, 0.15) is 0 Å². The molecule has 102 valence electrons. The lowest BCUT2D eigenvalue weighted by Crippen LogP contribution is -2.29. The Kier molecular flexibility index (Phi) is 3.96. The first-order valence-electron chi connectivity index (χ1n) is 5.68. The van der Waals surface area contributed by atoms with E-state index in [1.165, 1.54) is 18.7 Å². The van der Waals surface area contributed by atoms with Crippen molar-refractivity contribution < 1.29 is 17.9 Å². The number of nitrogens with one attached hydrogen (secondary N) is 1. The summed E-state index contributed by atoms with van der Waals surface area (Å²) in [4.78, 5) is 15.3. The molecule has 1 aliphatic heterocycles. The largest absolute Gasteiger partial charge is 0.465 e. The Morgan fingerprint density at radius 3 is 2.84 bits per heavy atom. The number of pyridine rings is 1. The fourth-order valence-electron chi connectivity index (χ4n) is 1.71. The van der Waals surface area contributed by atoms with Crippen LogP contribution in [0, 0.1) is 0 Å². The third kappa shape index (κ3) is 3.62. The van der Waals surface area contributed by atoms with Crippen LogP contribution in [0.2, 0.25) is 0 Å². The summed E-state index contributed by atoms with van der Waals surface area (Å²) >= 11 is 0. The van der Waals surface area contributed by atoms with Gasteiger partial charge in [0.25, 0.3) is 0 Å². The molecule has 0 saturated heterocycles. The van der Waals surface area contributed by atoms with Gasteiger partial charge >= 0.3 is 5.97 Å². The van der Waals surface area contributed by atoms with Gasteiger partial charge in [-0.3, -0.25) is 4.98 Å². The maximum atomic E-state index is 11.2. The highest BCUT2D eigenvalue weighted by atomic mass is 32.2. The van der Waals surface area contributed by atoms with Gasteiger partial charge in [-0.2, -0.15) is 0 Å². The Bertz CT molecular complexity index is 593. The Morgan fingerprint density at radius 2 is 2.32 bits per heavy atom. The SMILES string of the molecule is COC(=O)c1ccc(CNC2C=CS(=O)(=O)C2)nc1. The average Bonchev–Trinajstić information content (AvgIpc) is 2.76. The highest BCUT2D eigenvalue weighted by Gasteiger charge is 2.20. The van der Waals surface area contributed by atoms with Crippen molar-refractivity contribution in [1.82, 2.24) is 10.3 Å². The highest BCUT2D eigenvalue weighted by molar-refractivity contribution is 7.94. The number of sulfone groups is 1. The van der Waals surface area contributed by atoms with Crippen LogP contribution < -0.4 is 5.32 Å². The molecule has 1 aromatic heterocycles. The number of carbonyl (C=O) groups is 1. The Labute approximate surface area is 111 Å². The minimum atomic E-state index is -3.05. The van der Waals surface area contributed by atoms with Crippen molar-refractivity contribution in [2.45, 2.75) is 12.6 Å². The molecule has 7 heteroatoms. The molecule has 0 fully saturated rings. The maximum Gasteiger partial charge on any atom is 0.339 e. The van der Waals surface area contributed by atoms with Gasteiger partial charge in [-0.15, -0.1) is 0 Å². The van der Waals surface area contributed by atoms with Gasteiger partial charge in [0.15, 0.2) is 9.84 Å². The van der Waals surface area contributed by atoms with Crippen molar-refractivity contribution in [2.75, 3.05) is 12.9 Å². The monoisotopic (exact) mass is 282 g/mol. The number of aromatic nitrogens is 1. The Balaban J connectivity index is 1.91. The summed E-state index contributed by atoms with van der Waals surface area (Å²) < 4.78 is 27.0. The predicted molar refractivity (Wildman–Crippen MR) is 69.1 cm³/mol. The van der Waals surface area contributed by atoms with E-state index in [0.717, 1.165) is 5.69 Å². The molecule has 2 heterocycles. The van der Waals surface area contributed by atoms with E-state index in [1.54, 1.807) is 18.2 Å². The third-order valence-corrected chi connectivity index (χ3v) is 4.12. The summed E-state index contributed by atoms with van der Waals surface area (Å²) in [6.07, 6.45) is 3.06. The van der Waals surface area contributed by atoms with E-state index in [4.69, 9.17) is 0 Å². The Hall–Kier alpha value is -1.73. The molecule has 0 saturated carbocycles. The highest BCUT2D eigenvalue weighted by Crippen LogP contribution is 2.09. The zero-order chi connectivity index (χ0) is 13.9. The first-order chi connectivity index (χ1) is 9.00. The predicted octanol–water partition coefficient (Wildman–Crippen LogP) is 0.268. The van der Waals surface area contributed by atoms with E-state index < -0.39 is 15.8 Å². The molecule has 0 aliphatic carbocycles. The molecular weight excluding hydrogens is 268 g/mol. The number of esters is 1. The molecule has 1 unspecified atom stereocenters. The number of hydrogen-bond acceptors (Lipinski definition) is 6. The van der Waals surface area contributed by atoms with Gasteiger partial charge < -0.3 is 10.1 Å². The van der Waals surface area contributed by atoms with Crippen LogP contribution in [0.25, 0.3) is 0 Å². The molecule has 2 rings (SSSR count). The van der Waals surface area contributed by atoms with E-state index in [2.05, 4.69) is 15.0 Å². The third-order valence-electron chi connectivity index (χ3n) is 2.72. The summed E-state index contributed by atoms with van der Waals surface area (Å²) in [6.45, 7) is 0.436. The number of carbonyl (C=O) groups excluding carboxylic acids is 1. The number of ether oxygens (including phenoxy) is 1. The van der Waals surface area contributed by atoms with Crippen LogP contribution >= 0.6 is 0 Å². The van der Waals surface area contributed by atoms with Gasteiger partial charge in [-0.1, -0.05) is 6.08 Å². The van der Waals surface area contributed by atoms with Crippen molar-refractivity contribution in [3.63, 3.8) is 0 Å². The zero-order valence-corrected chi connectivity index (χ0v) is 11.2. The topological polar surface area (TPSA) is 85.4 Å². The molecular formula is C12H14N2O4S. The summed E-state index contributed by atoms with van der Waals surface area (Å²) in [5.74, 6) is -0.357. The molecule has 0 bridgehead atoms. The van der Waals surface area contributed by atoms with Gasteiger partial charge in [-0.25, -0.2) is 13.2 Å². The van der Waals surface area contributed by atoms with E-state index in [9.17, 15) is 13.2 Å². The van der Waals surface area contributed by atoms with Crippen LogP contribution in [0.15, 0.2) is 29.8 Å². The van der Waals surface area contributed by atoms with Crippen LogP contribution in [0.5, 0.6) is 0 Å². The molecule has 1 atom stereocenters.